The summed E-state index contributed by atoms with van der Waals surface area (Å²) in [6.45, 7) is 6.62. The van der Waals surface area contributed by atoms with Crippen molar-refractivity contribution < 1.29 is 28.6 Å². The lowest BCUT2D eigenvalue weighted by atomic mass is 10.0. The molecule has 0 aromatic heterocycles. The molecule has 0 rings (SSSR count). The van der Waals surface area contributed by atoms with E-state index in [9.17, 15) is 14.4 Å². The predicted octanol–water partition coefficient (Wildman–Crippen LogP) is 19.3. The van der Waals surface area contributed by atoms with Gasteiger partial charge in [-0.2, -0.15) is 0 Å². The van der Waals surface area contributed by atoms with Gasteiger partial charge in [-0.25, -0.2) is 0 Å². The first-order chi connectivity index (χ1) is 32.5. The van der Waals surface area contributed by atoms with E-state index in [0.29, 0.717) is 19.3 Å². The Morgan fingerprint density at radius 1 is 0.303 bits per heavy atom. The third kappa shape index (κ3) is 52.6. The third-order valence-electron chi connectivity index (χ3n) is 12.9. The minimum Gasteiger partial charge on any atom is -0.462 e. The van der Waals surface area contributed by atoms with Crippen LogP contribution in [0.1, 0.15) is 310 Å². The Morgan fingerprint density at radius 3 is 0.879 bits per heavy atom. The summed E-state index contributed by atoms with van der Waals surface area (Å²) in [4.78, 5) is 38.1. The average Bonchev–Trinajstić information content (AvgIpc) is 3.31. The van der Waals surface area contributed by atoms with Crippen molar-refractivity contribution in [2.75, 3.05) is 13.2 Å². The highest BCUT2D eigenvalue weighted by atomic mass is 16.6. The zero-order valence-corrected chi connectivity index (χ0v) is 44.2. The van der Waals surface area contributed by atoms with Gasteiger partial charge in [0.1, 0.15) is 13.2 Å². The van der Waals surface area contributed by atoms with Gasteiger partial charge in [-0.15, -0.1) is 0 Å². The zero-order valence-electron chi connectivity index (χ0n) is 44.2. The molecule has 0 aliphatic rings. The van der Waals surface area contributed by atoms with Crippen molar-refractivity contribution in [2.45, 2.75) is 316 Å². The molecule has 0 aromatic carbocycles. The van der Waals surface area contributed by atoms with Crippen LogP contribution in [0.2, 0.25) is 0 Å². The van der Waals surface area contributed by atoms with Crippen LogP contribution in [0.3, 0.4) is 0 Å². The number of hydrogen-bond acceptors (Lipinski definition) is 6. The lowest BCUT2D eigenvalue weighted by molar-refractivity contribution is -0.167. The van der Waals surface area contributed by atoms with Crippen molar-refractivity contribution >= 4 is 17.9 Å². The number of unbranched alkanes of at least 4 members (excludes halogenated alkanes) is 36. The third-order valence-corrected chi connectivity index (χ3v) is 12.9. The second kappa shape index (κ2) is 55.2. The van der Waals surface area contributed by atoms with Crippen LogP contribution in [-0.4, -0.2) is 37.2 Å². The molecule has 0 aliphatic heterocycles. The van der Waals surface area contributed by atoms with Gasteiger partial charge in [-0.1, -0.05) is 269 Å². The Kier molecular flexibility index (Phi) is 53.2. The van der Waals surface area contributed by atoms with E-state index < -0.39 is 6.10 Å². The van der Waals surface area contributed by atoms with Gasteiger partial charge in [-0.05, 0) is 57.8 Å². The summed E-state index contributed by atoms with van der Waals surface area (Å²) >= 11 is 0. The lowest BCUT2D eigenvalue weighted by Crippen LogP contribution is -2.30. The van der Waals surface area contributed by atoms with Gasteiger partial charge in [0.05, 0.1) is 0 Å². The SMILES string of the molecule is CCCCC/C=C\C/C=C\C/C=C\CCCCC(=O)O[C@@H](COC(=O)CCCCCCCCCCCCCC)COC(=O)CCCCCCCCCCCCCCCCCCCCCCC. The molecule has 0 amide bonds. The Balaban J connectivity index is 4.31. The van der Waals surface area contributed by atoms with Gasteiger partial charge >= 0.3 is 17.9 Å². The highest BCUT2D eigenvalue weighted by molar-refractivity contribution is 5.71. The Morgan fingerprint density at radius 2 is 0.545 bits per heavy atom. The van der Waals surface area contributed by atoms with Gasteiger partial charge in [0.2, 0.25) is 0 Å². The number of carbonyl (C=O) groups is 3. The minimum atomic E-state index is -0.787. The van der Waals surface area contributed by atoms with Crippen LogP contribution in [0, 0.1) is 0 Å². The molecule has 0 saturated heterocycles. The van der Waals surface area contributed by atoms with Crippen LogP contribution >= 0.6 is 0 Å². The number of hydrogen-bond donors (Lipinski definition) is 0. The Bertz CT molecular complexity index is 1110. The van der Waals surface area contributed by atoms with E-state index >= 15 is 0 Å². The standard InChI is InChI=1S/C60H110O6/c1-4-7-10-13-16-19-22-25-27-28-29-30-31-32-34-35-38-41-44-47-50-53-59(62)65-56-57(55-64-58(61)52-49-46-43-40-37-24-21-18-15-12-9-6-3)66-60(63)54-51-48-45-42-39-36-33-26-23-20-17-14-11-8-5-2/h17,20,26,33,39,42,57H,4-16,18-19,21-25,27-32,34-38,40-41,43-56H2,1-3H3/b20-17-,33-26-,42-39-/t57-/m0/s1. The van der Waals surface area contributed by atoms with Crippen molar-refractivity contribution in [1.29, 1.82) is 0 Å². The number of allylic oxidation sites excluding steroid dienone is 6. The first-order valence-corrected chi connectivity index (χ1v) is 29.0. The summed E-state index contributed by atoms with van der Waals surface area (Å²) in [6, 6.07) is 0. The molecule has 0 spiro atoms. The fraction of sp³-hybridized carbons (Fsp3) is 0.850. The van der Waals surface area contributed by atoms with Crippen LogP contribution in [-0.2, 0) is 28.6 Å². The topological polar surface area (TPSA) is 78.9 Å². The van der Waals surface area contributed by atoms with Crippen LogP contribution in [0.15, 0.2) is 36.5 Å². The summed E-state index contributed by atoms with van der Waals surface area (Å²) in [5.41, 5.74) is 0. The van der Waals surface area contributed by atoms with Gasteiger partial charge in [0, 0.05) is 19.3 Å². The van der Waals surface area contributed by atoms with Crippen molar-refractivity contribution in [2.24, 2.45) is 0 Å². The molecule has 0 heterocycles. The Hall–Kier alpha value is -2.37. The molecule has 0 unspecified atom stereocenters. The van der Waals surface area contributed by atoms with Crippen molar-refractivity contribution in [1.82, 2.24) is 0 Å². The first kappa shape index (κ1) is 63.6. The molecule has 0 aliphatic carbocycles. The van der Waals surface area contributed by atoms with Gasteiger partial charge in [0.15, 0.2) is 6.10 Å². The fourth-order valence-electron chi connectivity index (χ4n) is 8.51. The quantitative estimate of drug-likeness (QED) is 0.0262. The molecule has 1 atom stereocenters. The lowest BCUT2D eigenvalue weighted by Gasteiger charge is -2.18. The molecule has 0 aromatic rings. The summed E-state index contributed by atoms with van der Waals surface area (Å²) < 4.78 is 16.8. The monoisotopic (exact) mass is 927 g/mol. The molecule has 6 heteroatoms. The maximum Gasteiger partial charge on any atom is 0.306 e. The summed E-state index contributed by atoms with van der Waals surface area (Å²) in [5, 5.41) is 0. The van der Waals surface area contributed by atoms with Crippen molar-refractivity contribution in [3.8, 4) is 0 Å². The highest BCUT2D eigenvalue weighted by Gasteiger charge is 2.19. The van der Waals surface area contributed by atoms with Gasteiger partial charge < -0.3 is 14.2 Å². The zero-order chi connectivity index (χ0) is 47.9. The first-order valence-electron chi connectivity index (χ1n) is 29.0. The van der Waals surface area contributed by atoms with E-state index in [1.165, 1.54) is 199 Å². The Labute approximate surface area is 410 Å². The molecule has 0 N–H and O–H groups in total. The van der Waals surface area contributed by atoms with Crippen molar-refractivity contribution in [3.05, 3.63) is 36.5 Å². The minimum absolute atomic E-state index is 0.0827. The summed E-state index contributed by atoms with van der Waals surface area (Å²) in [5.74, 6) is -0.904. The average molecular weight is 928 g/mol. The molecule has 386 valence electrons. The molecule has 6 nitrogen and oxygen atoms in total. The molecule has 66 heavy (non-hydrogen) atoms. The number of esters is 3. The smallest absolute Gasteiger partial charge is 0.306 e. The molecule has 0 radical (unpaired) electrons. The molecular weight excluding hydrogens is 817 g/mol. The van der Waals surface area contributed by atoms with Crippen LogP contribution in [0.5, 0.6) is 0 Å². The highest BCUT2D eigenvalue weighted by Crippen LogP contribution is 2.17. The number of rotatable bonds is 53. The maximum atomic E-state index is 12.8. The van der Waals surface area contributed by atoms with E-state index in [-0.39, 0.29) is 37.5 Å². The largest absolute Gasteiger partial charge is 0.462 e. The van der Waals surface area contributed by atoms with E-state index in [2.05, 4.69) is 57.2 Å². The van der Waals surface area contributed by atoms with Crippen LogP contribution in [0.25, 0.3) is 0 Å². The van der Waals surface area contributed by atoms with Crippen LogP contribution < -0.4 is 0 Å². The van der Waals surface area contributed by atoms with Gasteiger partial charge in [0.25, 0.3) is 0 Å². The predicted molar refractivity (Wildman–Crippen MR) is 284 cm³/mol. The molecule has 0 bridgehead atoms. The normalized spacial score (nSPS) is 12.2. The van der Waals surface area contributed by atoms with Crippen LogP contribution in [0.4, 0.5) is 0 Å². The second-order valence-corrected chi connectivity index (χ2v) is 19.6. The fourth-order valence-corrected chi connectivity index (χ4v) is 8.51. The number of ether oxygens (including phenoxy) is 3. The van der Waals surface area contributed by atoms with E-state index in [4.69, 9.17) is 14.2 Å². The van der Waals surface area contributed by atoms with Gasteiger partial charge in [-0.3, -0.25) is 14.4 Å². The summed E-state index contributed by atoms with van der Waals surface area (Å²) in [6.07, 6.45) is 65.7. The summed E-state index contributed by atoms with van der Waals surface area (Å²) in [7, 11) is 0. The maximum absolute atomic E-state index is 12.8. The van der Waals surface area contributed by atoms with E-state index in [1.807, 2.05) is 0 Å². The molecular formula is C60H110O6. The molecule has 0 fully saturated rings. The van der Waals surface area contributed by atoms with E-state index in [0.717, 1.165) is 64.2 Å². The van der Waals surface area contributed by atoms with Crippen molar-refractivity contribution in [3.63, 3.8) is 0 Å². The number of carbonyl (C=O) groups excluding carboxylic acids is 3. The second-order valence-electron chi connectivity index (χ2n) is 19.6. The van der Waals surface area contributed by atoms with E-state index in [1.54, 1.807) is 0 Å². The molecule has 0 saturated carbocycles.